The fraction of sp³-hybridized carbons (Fsp3) is 0.379. The van der Waals surface area contributed by atoms with Crippen molar-refractivity contribution in [1.82, 2.24) is 4.57 Å². The lowest BCUT2D eigenvalue weighted by molar-refractivity contribution is 0.262. The van der Waals surface area contributed by atoms with Gasteiger partial charge < -0.3 is 19.9 Å². The molecule has 0 aliphatic rings. The van der Waals surface area contributed by atoms with Gasteiger partial charge >= 0.3 is 6.03 Å². The molecular formula is C29H36FN3O3. The molecule has 1 aromatic heterocycles. The summed E-state index contributed by atoms with van der Waals surface area (Å²) in [5, 5.41) is 5.79. The van der Waals surface area contributed by atoms with E-state index in [0.29, 0.717) is 23.4 Å². The third-order valence-electron chi connectivity index (χ3n) is 6.12. The number of benzene rings is 2. The SMILES string of the molecule is CCCCn1ccc(-c2cc(F)ccc2OC)c(NC(=O)Nc2c(CCC)cccc2CCC)c1=O. The minimum absolute atomic E-state index is 0.0833. The number of rotatable bonds is 11. The van der Waals surface area contributed by atoms with Gasteiger partial charge in [0.05, 0.1) is 7.11 Å². The molecule has 0 spiro atoms. The lowest BCUT2D eigenvalue weighted by atomic mass is 10.0. The number of carbonyl (C=O) groups excluding carboxylic acids is 1. The summed E-state index contributed by atoms with van der Waals surface area (Å²) in [7, 11) is 1.49. The van der Waals surface area contributed by atoms with Crippen molar-refractivity contribution in [3.63, 3.8) is 0 Å². The summed E-state index contributed by atoms with van der Waals surface area (Å²) in [6.07, 6.45) is 6.95. The van der Waals surface area contributed by atoms with Crippen molar-refractivity contribution in [2.24, 2.45) is 0 Å². The molecule has 2 amide bonds. The van der Waals surface area contributed by atoms with Gasteiger partial charge in [0.1, 0.15) is 17.3 Å². The number of nitrogens with one attached hydrogen (secondary N) is 2. The van der Waals surface area contributed by atoms with Crippen LogP contribution in [0.3, 0.4) is 0 Å². The molecule has 0 atom stereocenters. The summed E-state index contributed by atoms with van der Waals surface area (Å²) < 4.78 is 21.2. The second-order valence-corrected chi connectivity index (χ2v) is 8.83. The number of aromatic nitrogens is 1. The molecule has 6 nitrogen and oxygen atoms in total. The predicted molar refractivity (Wildman–Crippen MR) is 145 cm³/mol. The van der Waals surface area contributed by atoms with E-state index >= 15 is 0 Å². The van der Waals surface area contributed by atoms with Crippen LogP contribution in [0, 0.1) is 5.82 Å². The van der Waals surface area contributed by atoms with Crippen molar-refractivity contribution in [2.75, 3.05) is 17.7 Å². The topological polar surface area (TPSA) is 72.4 Å². The Morgan fingerprint density at radius 3 is 2.19 bits per heavy atom. The number of carbonyl (C=O) groups is 1. The third kappa shape index (κ3) is 6.33. The molecule has 3 rings (SSSR count). The maximum Gasteiger partial charge on any atom is 0.323 e. The first kappa shape index (κ1) is 27.0. The normalized spacial score (nSPS) is 10.8. The molecule has 0 fully saturated rings. The largest absolute Gasteiger partial charge is 0.496 e. The number of amides is 2. The molecule has 2 N–H and O–H groups in total. The Morgan fingerprint density at radius 1 is 0.917 bits per heavy atom. The van der Waals surface area contributed by atoms with Crippen LogP contribution in [0.15, 0.2) is 53.5 Å². The Morgan fingerprint density at radius 2 is 1.58 bits per heavy atom. The second kappa shape index (κ2) is 12.9. The molecule has 0 radical (unpaired) electrons. The van der Waals surface area contributed by atoms with Gasteiger partial charge in [-0.2, -0.15) is 0 Å². The number of anilines is 2. The highest BCUT2D eigenvalue weighted by Crippen LogP contribution is 2.34. The Hall–Kier alpha value is -3.61. The van der Waals surface area contributed by atoms with E-state index in [2.05, 4.69) is 24.5 Å². The highest BCUT2D eigenvalue weighted by Gasteiger charge is 2.19. The monoisotopic (exact) mass is 493 g/mol. The fourth-order valence-corrected chi connectivity index (χ4v) is 4.34. The van der Waals surface area contributed by atoms with E-state index in [1.54, 1.807) is 16.8 Å². The lowest BCUT2D eigenvalue weighted by Crippen LogP contribution is -2.29. The molecule has 0 unspecified atom stereocenters. The first-order valence-electron chi connectivity index (χ1n) is 12.7. The summed E-state index contributed by atoms with van der Waals surface area (Å²) in [6.45, 7) is 6.76. The Bertz CT molecular complexity index is 1230. The first-order chi connectivity index (χ1) is 17.4. The molecule has 3 aromatic rings. The number of urea groups is 1. The average molecular weight is 494 g/mol. The second-order valence-electron chi connectivity index (χ2n) is 8.83. The molecule has 0 saturated carbocycles. The van der Waals surface area contributed by atoms with Crippen LogP contribution in [0.4, 0.5) is 20.6 Å². The molecule has 1 heterocycles. The van der Waals surface area contributed by atoms with E-state index in [-0.39, 0.29) is 11.2 Å². The summed E-state index contributed by atoms with van der Waals surface area (Å²) >= 11 is 0. The summed E-state index contributed by atoms with van der Waals surface area (Å²) in [4.78, 5) is 26.8. The lowest BCUT2D eigenvalue weighted by Gasteiger charge is -2.18. The van der Waals surface area contributed by atoms with E-state index < -0.39 is 11.8 Å². The number of para-hydroxylation sites is 1. The minimum Gasteiger partial charge on any atom is -0.496 e. The van der Waals surface area contributed by atoms with Crippen molar-refractivity contribution in [2.45, 2.75) is 65.8 Å². The number of ether oxygens (including phenoxy) is 1. The molecule has 36 heavy (non-hydrogen) atoms. The van der Waals surface area contributed by atoms with Crippen LogP contribution in [0.25, 0.3) is 11.1 Å². The van der Waals surface area contributed by atoms with Crippen molar-refractivity contribution < 1.29 is 13.9 Å². The summed E-state index contributed by atoms with van der Waals surface area (Å²) in [5.41, 5.74) is 3.42. The van der Waals surface area contributed by atoms with Gasteiger partial charge in [-0.1, -0.05) is 58.2 Å². The zero-order valence-electron chi connectivity index (χ0n) is 21.6. The maximum atomic E-state index is 14.2. The molecular weight excluding hydrogens is 457 g/mol. The van der Waals surface area contributed by atoms with Gasteiger partial charge in [0.2, 0.25) is 0 Å². The number of pyridine rings is 1. The smallest absolute Gasteiger partial charge is 0.323 e. The first-order valence-corrected chi connectivity index (χ1v) is 12.7. The Balaban J connectivity index is 2.06. The maximum absolute atomic E-state index is 14.2. The van der Waals surface area contributed by atoms with Gasteiger partial charge in [-0.25, -0.2) is 9.18 Å². The van der Waals surface area contributed by atoms with E-state index in [1.165, 1.54) is 25.3 Å². The molecule has 0 aliphatic carbocycles. The van der Waals surface area contributed by atoms with E-state index in [0.717, 1.165) is 55.3 Å². The van der Waals surface area contributed by atoms with Crippen LogP contribution >= 0.6 is 0 Å². The van der Waals surface area contributed by atoms with E-state index in [1.807, 2.05) is 25.1 Å². The standard InChI is InChI=1S/C29H36FN3O3/c1-5-8-17-33-18-16-23(24-19-22(30)14-15-25(24)36-4)27(28(33)34)32-29(35)31-26-20(10-6-2)12-9-13-21(26)11-7-3/h9,12-16,18-19H,5-8,10-11,17H2,1-4H3,(H2,31,32,35). The van der Waals surface area contributed by atoms with Crippen molar-refractivity contribution in [3.05, 3.63) is 76.0 Å². The van der Waals surface area contributed by atoms with Crippen molar-refractivity contribution in [1.29, 1.82) is 0 Å². The molecule has 0 aliphatic heterocycles. The van der Waals surface area contributed by atoms with Gasteiger partial charge in [-0.15, -0.1) is 0 Å². The average Bonchev–Trinajstić information content (AvgIpc) is 2.86. The van der Waals surface area contributed by atoms with Gasteiger partial charge in [0.25, 0.3) is 5.56 Å². The molecule has 192 valence electrons. The van der Waals surface area contributed by atoms with Gasteiger partial charge in [-0.05, 0) is 54.7 Å². The molecule has 2 aromatic carbocycles. The summed E-state index contributed by atoms with van der Waals surface area (Å²) in [5.74, 6) is -0.0573. The van der Waals surface area contributed by atoms with Gasteiger partial charge in [0.15, 0.2) is 0 Å². The fourth-order valence-electron chi connectivity index (χ4n) is 4.34. The number of nitrogens with zero attached hydrogens (tertiary/aromatic N) is 1. The van der Waals surface area contributed by atoms with Crippen LogP contribution in [0.5, 0.6) is 5.75 Å². The van der Waals surface area contributed by atoms with Crippen LogP contribution < -0.4 is 20.9 Å². The number of hydrogen-bond acceptors (Lipinski definition) is 3. The van der Waals surface area contributed by atoms with Crippen molar-refractivity contribution in [3.8, 4) is 16.9 Å². The highest BCUT2D eigenvalue weighted by molar-refractivity contribution is 6.03. The number of hydrogen-bond donors (Lipinski definition) is 2. The number of methoxy groups -OCH3 is 1. The summed E-state index contributed by atoms with van der Waals surface area (Å²) in [6, 6.07) is 11.4. The highest BCUT2D eigenvalue weighted by atomic mass is 19.1. The van der Waals surface area contributed by atoms with Crippen LogP contribution in [-0.2, 0) is 19.4 Å². The molecule has 0 saturated heterocycles. The van der Waals surface area contributed by atoms with Crippen LogP contribution in [0.1, 0.15) is 57.6 Å². The number of unbranched alkanes of at least 4 members (excludes halogenated alkanes) is 1. The van der Waals surface area contributed by atoms with Crippen LogP contribution in [0.2, 0.25) is 0 Å². The number of aryl methyl sites for hydroxylation is 3. The zero-order chi connectivity index (χ0) is 26.1. The van der Waals surface area contributed by atoms with Gasteiger partial charge in [0, 0.05) is 29.6 Å². The minimum atomic E-state index is -0.516. The Labute approximate surface area is 212 Å². The van der Waals surface area contributed by atoms with Crippen molar-refractivity contribution >= 4 is 17.4 Å². The van der Waals surface area contributed by atoms with Gasteiger partial charge in [-0.3, -0.25) is 4.79 Å². The predicted octanol–water partition coefficient (Wildman–Crippen LogP) is 7.01. The zero-order valence-corrected chi connectivity index (χ0v) is 21.6. The molecule has 7 heteroatoms. The Kier molecular flexibility index (Phi) is 9.68. The molecule has 0 bridgehead atoms. The van der Waals surface area contributed by atoms with E-state index in [4.69, 9.17) is 4.74 Å². The number of halogens is 1. The van der Waals surface area contributed by atoms with E-state index in [9.17, 15) is 14.0 Å². The third-order valence-corrected chi connectivity index (χ3v) is 6.12. The van der Waals surface area contributed by atoms with Crippen LogP contribution in [-0.4, -0.2) is 17.7 Å². The quantitative estimate of drug-likeness (QED) is 0.302.